The standard InChI is InChI=1S/C15H13FN2O2/c16-10-4-1-8(2-5-10)13-12(15(19)20)14-9-3-6-11(7-9)18(14)17-13/h1-2,4-5,9,11H,3,6-7H2,(H,19,20). The van der Waals surface area contributed by atoms with E-state index < -0.39 is 5.97 Å². The van der Waals surface area contributed by atoms with Crippen molar-refractivity contribution in [2.45, 2.75) is 31.2 Å². The maximum Gasteiger partial charge on any atom is 0.339 e. The van der Waals surface area contributed by atoms with E-state index in [1.807, 2.05) is 4.68 Å². The molecule has 2 aliphatic rings. The molecule has 1 fully saturated rings. The molecular weight excluding hydrogens is 259 g/mol. The Balaban J connectivity index is 1.93. The molecule has 102 valence electrons. The quantitative estimate of drug-likeness (QED) is 0.913. The minimum Gasteiger partial charge on any atom is -0.478 e. The lowest BCUT2D eigenvalue weighted by Gasteiger charge is -2.12. The second-order valence-corrected chi connectivity index (χ2v) is 5.53. The molecule has 0 radical (unpaired) electrons. The van der Waals surface area contributed by atoms with Crippen LogP contribution in [0.5, 0.6) is 0 Å². The highest BCUT2D eigenvalue weighted by Crippen LogP contribution is 2.51. The SMILES string of the molecule is O=C(O)c1c(-c2ccc(F)cc2)nn2c1C1CCC2C1. The third-order valence-corrected chi connectivity index (χ3v) is 4.42. The van der Waals surface area contributed by atoms with Crippen LogP contribution in [0.15, 0.2) is 24.3 Å². The minimum atomic E-state index is -0.946. The summed E-state index contributed by atoms with van der Waals surface area (Å²) in [7, 11) is 0. The molecule has 4 rings (SSSR count). The molecule has 0 spiro atoms. The molecule has 0 saturated heterocycles. The Morgan fingerprint density at radius 2 is 2.05 bits per heavy atom. The molecule has 20 heavy (non-hydrogen) atoms. The lowest BCUT2D eigenvalue weighted by molar-refractivity contribution is 0.0696. The second-order valence-electron chi connectivity index (χ2n) is 5.53. The predicted molar refractivity (Wildman–Crippen MR) is 70.2 cm³/mol. The topological polar surface area (TPSA) is 55.1 Å². The van der Waals surface area contributed by atoms with Gasteiger partial charge in [-0.25, -0.2) is 9.18 Å². The molecule has 2 unspecified atom stereocenters. The van der Waals surface area contributed by atoms with Gasteiger partial charge >= 0.3 is 5.97 Å². The molecule has 1 aliphatic carbocycles. The first-order valence-electron chi connectivity index (χ1n) is 6.77. The van der Waals surface area contributed by atoms with Crippen LogP contribution >= 0.6 is 0 Å². The largest absolute Gasteiger partial charge is 0.478 e. The third-order valence-electron chi connectivity index (χ3n) is 4.42. The number of aromatic carboxylic acids is 1. The summed E-state index contributed by atoms with van der Waals surface area (Å²) in [5, 5.41) is 14.0. The molecule has 2 atom stereocenters. The van der Waals surface area contributed by atoms with Crippen molar-refractivity contribution >= 4 is 5.97 Å². The fourth-order valence-corrected chi connectivity index (χ4v) is 3.57. The number of halogens is 1. The number of benzene rings is 1. The molecule has 1 aromatic heterocycles. The highest BCUT2D eigenvalue weighted by molar-refractivity contribution is 5.96. The second kappa shape index (κ2) is 3.91. The van der Waals surface area contributed by atoms with Gasteiger partial charge in [0.1, 0.15) is 17.1 Å². The zero-order valence-corrected chi connectivity index (χ0v) is 10.7. The van der Waals surface area contributed by atoms with Gasteiger partial charge in [-0.1, -0.05) is 0 Å². The molecule has 4 nitrogen and oxygen atoms in total. The number of rotatable bonds is 2. The van der Waals surface area contributed by atoms with Crippen LogP contribution in [-0.2, 0) is 0 Å². The first-order chi connectivity index (χ1) is 9.65. The van der Waals surface area contributed by atoms with Crippen LogP contribution in [0.25, 0.3) is 11.3 Å². The van der Waals surface area contributed by atoms with Crippen molar-refractivity contribution in [2.75, 3.05) is 0 Å². The average molecular weight is 272 g/mol. The summed E-state index contributed by atoms with van der Waals surface area (Å²) in [5.41, 5.74) is 2.27. The fraction of sp³-hybridized carbons (Fsp3) is 0.333. The molecule has 2 aromatic rings. The molecule has 5 heteroatoms. The van der Waals surface area contributed by atoms with Gasteiger partial charge in [-0.3, -0.25) is 4.68 Å². The van der Waals surface area contributed by atoms with Gasteiger partial charge in [0.15, 0.2) is 0 Å². The summed E-state index contributed by atoms with van der Waals surface area (Å²) in [6.07, 6.45) is 3.12. The number of carboxylic acid groups (broad SMARTS) is 1. The van der Waals surface area contributed by atoms with E-state index >= 15 is 0 Å². The first kappa shape index (κ1) is 11.6. The molecule has 1 aliphatic heterocycles. The van der Waals surface area contributed by atoms with Crippen LogP contribution in [0, 0.1) is 5.82 Å². The molecule has 1 saturated carbocycles. The van der Waals surface area contributed by atoms with Crippen molar-refractivity contribution in [3.05, 3.63) is 41.3 Å². The number of carbonyl (C=O) groups is 1. The zero-order chi connectivity index (χ0) is 13.9. The lowest BCUT2D eigenvalue weighted by Crippen LogP contribution is -2.09. The Morgan fingerprint density at radius 1 is 1.30 bits per heavy atom. The Morgan fingerprint density at radius 3 is 2.75 bits per heavy atom. The van der Waals surface area contributed by atoms with Crippen molar-refractivity contribution in [3.63, 3.8) is 0 Å². The van der Waals surface area contributed by atoms with Gasteiger partial charge in [-0.15, -0.1) is 0 Å². The Hall–Kier alpha value is -2.17. The number of aromatic nitrogens is 2. The summed E-state index contributed by atoms with van der Waals surface area (Å²) in [4.78, 5) is 11.6. The van der Waals surface area contributed by atoms with Crippen LogP contribution in [-0.4, -0.2) is 20.9 Å². The number of nitrogens with zero attached hydrogens (tertiary/aromatic N) is 2. The Labute approximate surface area is 114 Å². The van der Waals surface area contributed by atoms with Crippen molar-refractivity contribution < 1.29 is 14.3 Å². The highest BCUT2D eigenvalue weighted by Gasteiger charge is 2.42. The molecule has 0 amide bonds. The van der Waals surface area contributed by atoms with Gasteiger partial charge in [0.2, 0.25) is 0 Å². The molecule has 1 N–H and O–H groups in total. The number of hydrogen-bond donors (Lipinski definition) is 1. The average Bonchev–Trinajstić information content (AvgIpc) is 3.10. The summed E-state index contributed by atoms with van der Waals surface area (Å²) in [5.74, 6) is -0.969. The highest BCUT2D eigenvalue weighted by atomic mass is 19.1. The van der Waals surface area contributed by atoms with Crippen molar-refractivity contribution in [3.8, 4) is 11.3 Å². The summed E-state index contributed by atoms with van der Waals surface area (Å²) < 4.78 is 14.9. The maximum atomic E-state index is 13.0. The normalized spacial score (nSPS) is 23.1. The van der Waals surface area contributed by atoms with Crippen molar-refractivity contribution in [2.24, 2.45) is 0 Å². The number of carboxylic acids is 1. The van der Waals surface area contributed by atoms with Crippen LogP contribution < -0.4 is 0 Å². The van der Waals surface area contributed by atoms with Gasteiger partial charge in [0, 0.05) is 11.5 Å². The van der Waals surface area contributed by atoms with E-state index in [1.165, 1.54) is 12.1 Å². The van der Waals surface area contributed by atoms with Crippen LogP contribution in [0.4, 0.5) is 4.39 Å². The number of fused-ring (bicyclic) bond motifs is 5. The van der Waals surface area contributed by atoms with E-state index in [9.17, 15) is 14.3 Å². The van der Waals surface area contributed by atoms with Gasteiger partial charge in [0.25, 0.3) is 0 Å². The van der Waals surface area contributed by atoms with Crippen molar-refractivity contribution in [1.82, 2.24) is 9.78 Å². The predicted octanol–water partition coefficient (Wildman–Crippen LogP) is 3.21. The van der Waals surface area contributed by atoms with Crippen LogP contribution in [0.3, 0.4) is 0 Å². The van der Waals surface area contributed by atoms with Crippen LogP contribution in [0.1, 0.15) is 47.3 Å². The van der Waals surface area contributed by atoms with Gasteiger partial charge in [0.05, 0.1) is 11.7 Å². The van der Waals surface area contributed by atoms with E-state index in [2.05, 4.69) is 5.10 Å². The zero-order valence-electron chi connectivity index (χ0n) is 10.7. The Bertz CT molecular complexity index is 705. The van der Waals surface area contributed by atoms with Crippen LogP contribution in [0.2, 0.25) is 0 Å². The Kier molecular flexibility index (Phi) is 2.28. The molecule has 2 heterocycles. The van der Waals surface area contributed by atoms with Gasteiger partial charge < -0.3 is 5.11 Å². The monoisotopic (exact) mass is 272 g/mol. The molecule has 2 bridgehead atoms. The lowest BCUT2D eigenvalue weighted by atomic mass is 9.97. The molecule has 1 aromatic carbocycles. The van der Waals surface area contributed by atoms with Gasteiger partial charge in [-0.2, -0.15) is 5.10 Å². The molecular formula is C15H13FN2O2. The van der Waals surface area contributed by atoms with E-state index in [0.717, 1.165) is 25.0 Å². The summed E-state index contributed by atoms with van der Waals surface area (Å²) in [6.45, 7) is 0. The van der Waals surface area contributed by atoms with E-state index in [4.69, 9.17) is 0 Å². The first-order valence-corrected chi connectivity index (χ1v) is 6.77. The van der Waals surface area contributed by atoms with E-state index in [0.29, 0.717) is 28.8 Å². The smallest absolute Gasteiger partial charge is 0.339 e. The number of hydrogen-bond acceptors (Lipinski definition) is 2. The van der Waals surface area contributed by atoms with E-state index in [1.54, 1.807) is 12.1 Å². The maximum absolute atomic E-state index is 13.0. The summed E-state index contributed by atoms with van der Waals surface area (Å²) in [6, 6.07) is 6.17. The van der Waals surface area contributed by atoms with Crippen molar-refractivity contribution in [1.29, 1.82) is 0 Å². The van der Waals surface area contributed by atoms with Gasteiger partial charge in [-0.05, 0) is 43.5 Å². The summed E-state index contributed by atoms with van der Waals surface area (Å²) >= 11 is 0. The van der Waals surface area contributed by atoms with E-state index in [-0.39, 0.29) is 5.82 Å². The minimum absolute atomic E-state index is 0.295. The third kappa shape index (κ3) is 1.46. The fourth-order valence-electron chi connectivity index (χ4n) is 3.57.